The molecule has 4 rings (SSSR count). The molecule has 0 spiro atoms. The Kier molecular flexibility index (Phi) is 8.98. The Morgan fingerprint density at radius 3 is 2.39 bits per heavy atom. The fourth-order valence-electron chi connectivity index (χ4n) is 4.25. The number of carbonyl (C=O) groups is 1. The van der Waals surface area contributed by atoms with E-state index in [0.29, 0.717) is 26.0 Å². The monoisotopic (exact) mass is 485 g/mol. The molecule has 0 aliphatic carbocycles. The van der Waals surface area contributed by atoms with Crippen molar-refractivity contribution in [3.63, 3.8) is 0 Å². The number of benzene rings is 3. The van der Waals surface area contributed by atoms with E-state index in [1.54, 1.807) is 7.11 Å². The number of hydrogen-bond acceptors (Lipinski definition) is 4. The summed E-state index contributed by atoms with van der Waals surface area (Å²) in [5, 5.41) is 3.04. The van der Waals surface area contributed by atoms with Crippen LogP contribution < -0.4 is 14.8 Å². The number of amides is 1. The number of nitrogens with zero attached hydrogens (tertiary/aromatic N) is 2. The van der Waals surface area contributed by atoms with E-state index in [-0.39, 0.29) is 5.91 Å². The molecule has 0 unspecified atom stereocenters. The van der Waals surface area contributed by atoms with E-state index in [0.717, 1.165) is 59.7 Å². The average molecular weight is 486 g/mol. The number of hydrogen-bond donors (Lipinski definition) is 1. The van der Waals surface area contributed by atoms with Gasteiger partial charge in [0.2, 0.25) is 5.91 Å². The van der Waals surface area contributed by atoms with Crippen LogP contribution in [0.15, 0.2) is 72.8 Å². The molecule has 0 fully saturated rings. The van der Waals surface area contributed by atoms with Crippen molar-refractivity contribution in [3.8, 4) is 11.5 Å². The SMILES string of the molecule is CCc1ccc(OCCCCn2c(CCNC(=O)Cc3ccc(OC)cc3)nc3ccccc32)cc1. The second-order valence-electron chi connectivity index (χ2n) is 8.85. The molecule has 1 aromatic heterocycles. The maximum Gasteiger partial charge on any atom is 0.224 e. The number of imidazole rings is 1. The van der Waals surface area contributed by atoms with Gasteiger partial charge in [-0.25, -0.2) is 4.98 Å². The van der Waals surface area contributed by atoms with Crippen LogP contribution in [0.2, 0.25) is 0 Å². The molecule has 188 valence electrons. The molecule has 6 heteroatoms. The molecular formula is C30H35N3O3. The lowest BCUT2D eigenvalue weighted by Crippen LogP contribution is -2.28. The van der Waals surface area contributed by atoms with Crippen molar-refractivity contribution < 1.29 is 14.3 Å². The van der Waals surface area contributed by atoms with Gasteiger partial charge in [-0.3, -0.25) is 4.79 Å². The highest BCUT2D eigenvalue weighted by Gasteiger charge is 2.11. The molecule has 0 aliphatic heterocycles. The summed E-state index contributed by atoms with van der Waals surface area (Å²) in [6, 6.07) is 24.1. The highest BCUT2D eigenvalue weighted by molar-refractivity contribution is 5.78. The topological polar surface area (TPSA) is 65.4 Å². The van der Waals surface area contributed by atoms with Crippen LogP contribution in [0, 0.1) is 0 Å². The first-order chi connectivity index (χ1) is 17.7. The Labute approximate surface area is 213 Å². The average Bonchev–Trinajstić information content (AvgIpc) is 3.26. The van der Waals surface area contributed by atoms with Crippen LogP contribution in [0.25, 0.3) is 11.0 Å². The quantitative estimate of drug-likeness (QED) is 0.259. The van der Waals surface area contributed by atoms with Gasteiger partial charge in [-0.1, -0.05) is 43.3 Å². The largest absolute Gasteiger partial charge is 0.497 e. The van der Waals surface area contributed by atoms with Crippen LogP contribution in [0.4, 0.5) is 0 Å². The maximum atomic E-state index is 12.4. The molecular weight excluding hydrogens is 450 g/mol. The third-order valence-corrected chi connectivity index (χ3v) is 6.30. The summed E-state index contributed by atoms with van der Waals surface area (Å²) in [5.74, 6) is 2.71. The Morgan fingerprint density at radius 1 is 0.917 bits per heavy atom. The predicted octanol–water partition coefficient (Wildman–Crippen LogP) is 5.37. The first-order valence-corrected chi connectivity index (χ1v) is 12.7. The van der Waals surface area contributed by atoms with Crippen molar-refractivity contribution in [2.24, 2.45) is 0 Å². The van der Waals surface area contributed by atoms with E-state index in [1.165, 1.54) is 5.56 Å². The first-order valence-electron chi connectivity index (χ1n) is 12.7. The lowest BCUT2D eigenvalue weighted by atomic mass is 10.1. The van der Waals surface area contributed by atoms with Crippen LogP contribution in [-0.2, 0) is 30.6 Å². The lowest BCUT2D eigenvalue weighted by molar-refractivity contribution is -0.120. The van der Waals surface area contributed by atoms with Crippen LogP contribution in [0.5, 0.6) is 11.5 Å². The van der Waals surface area contributed by atoms with Gasteiger partial charge in [0, 0.05) is 19.5 Å². The number of aryl methyl sites for hydroxylation is 2. The van der Waals surface area contributed by atoms with E-state index < -0.39 is 0 Å². The number of ether oxygens (including phenoxy) is 2. The van der Waals surface area contributed by atoms with Crippen molar-refractivity contribution in [3.05, 3.63) is 89.7 Å². The molecule has 0 radical (unpaired) electrons. The fraction of sp³-hybridized carbons (Fsp3) is 0.333. The molecule has 0 saturated carbocycles. The van der Waals surface area contributed by atoms with Crippen LogP contribution in [0.1, 0.15) is 36.7 Å². The summed E-state index contributed by atoms with van der Waals surface area (Å²) in [6.45, 7) is 4.26. The van der Waals surface area contributed by atoms with Gasteiger partial charge in [0.05, 0.1) is 31.2 Å². The Morgan fingerprint density at radius 2 is 1.64 bits per heavy atom. The van der Waals surface area contributed by atoms with Crippen LogP contribution in [-0.4, -0.2) is 35.7 Å². The molecule has 1 heterocycles. The maximum absolute atomic E-state index is 12.4. The summed E-state index contributed by atoms with van der Waals surface area (Å²) in [6.07, 6.45) is 4.02. The second-order valence-corrected chi connectivity index (χ2v) is 8.85. The molecule has 0 aliphatic rings. The Balaban J connectivity index is 1.27. The van der Waals surface area contributed by atoms with Crippen molar-refractivity contribution in [1.82, 2.24) is 14.9 Å². The van der Waals surface area contributed by atoms with Gasteiger partial charge in [-0.15, -0.1) is 0 Å². The molecule has 1 amide bonds. The summed E-state index contributed by atoms with van der Waals surface area (Å²) >= 11 is 0. The van der Waals surface area contributed by atoms with E-state index in [4.69, 9.17) is 14.5 Å². The Bertz CT molecular complexity index is 1250. The normalized spacial score (nSPS) is 10.9. The van der Waals surface area contributed by atoms with Crippen molar-refractivity contribution in [1.29, 1.82) is 0 Å². The fourth-order valence-corrected chi connectivity index (χ4v) is 4.25. The molecule has 3 aromatic carbocycles. The van der Waals surface area contributed by atoms with E-state index in [1.807, 2.05) is 54.6 Å². The van der Waals surface area contributed by atoms with Gasteiger partial charge < -0.3 is 19.4 Å². The van der Waals surface area contributed by atoms with Gasteiger partial charge in [-0.2, -0.15) is 0 Å². The van der Waals surface area contributed by atoms with Gasteiger partial charge in [0.1, 0.15) is 17.3 Å². The molecule has 0 atom stereocenters. The molecule has 4 aromatic rings. The highest BCUT2D eigenvalue weighted by atomic mass is 16.5. The van der Waals surface area contributed by atoms with E-state index in [9.17, 15) is 4.79 Å². The summed E-state index contributed by atoms with van der Waals surface area (Å²) in [7, 11) is 1.63. The van der Waals surface area contributed by atoms with Crippen LogP contribution >= 0.6 is 0 Å². The summed E-state index contributed by atoms with van der Waals surface area (Å²) in [5.41, 5.74) is 4.40. The first kappa shape index (κ1) is 25.3. The number of carbonyl (C=O) groups excluding carboxylic acids is 1. The van der Waals surface area contributed by atoms with Crippen molar-refractivity contribution in [2.75, 3.05) is 20.3 Å². The predicted molar refractivity (Wildman–Crippen MR) is 144 cm³/mol. The number of aromatic nitrogens is 2. The minimum atomic E-state index is 0.00643. The number of unbranched alkanes of at least 4 members (excludes halogenated alkanes) is 1. The Hall–Kier alpha value is -3.80. The minimum Gasteiger partial charge on any atom is -0.497 e. The minimum absolute atomic E-state index is 0.00643. The van der Waals surface area contributed by atoms with E-state index >= 15 is 0 Å². The van der Waals surface area contributed by atoms with Crippen LogP contribution in [0.3, 0.4) is 0 Å². The van der Waals surface area contributed by atoms with Crippen molar-refractivity contribution in [2.45, 2.75) is 45.6 Å². The molecule has 6 nitrogen and oxygen atoms in total. The molecule has 0 bridgehead atoms. The third-order valence-electron chi connectivity index (χ3n) is 6.30. The van der Waals surface area contributed by atoms with E-state index in [2.05, 4.69) is 35.0 Å². The standard InChI is InChI=1S/C30H35N3O3/c1-3-23-10-16-26(17-11-23)36-21-7-6-20-33-28-9-5-4-8-27(28)32-29(33)18-19-31-30(34)22-24-12-14-25(35-2)15-13-24/h4-5,8-17H,3,6-7,18-22H2,1-2H3,(H,31,34). The zero-order valence-corrected chi connectivity index (χ0v) is 21.2. The molecule has 1 N–H and O–H groups in total. The van der Waals surface area contributed by atoms with Gasteiger partial charge in [-0.05, 0) is 66.8 Å². The van der Waals surface area contributed by atoms with Gasteiger partial charge >= 0.3 is 0 Å². The zero-order valence-electron chi connectivity index (χ0n) is 21.2. The summed E-state index contributed by atoms with van der Waals surface area (Å²) in [4.78, 5) is 17.3. The van der Waals surface area contributed by atoms with Crippen molar-refractivity contribution >= 4 is 16.9 Å². The highest BCUT2D eigenvalue weighted by Crippen LogP contribution is 2.18. The number of nitrogens with one attached hydrogen (secondary N) is 1. The number of fused-ring (bicyclic) bond motifs is 1. The number of methoxy groups -OCH3 is 1. The number of para-hydroxylation sites is 2. The molecule has 0 saturated heterocycles. The van der Waals surface area contributed by atoms with Gasteiger partial charge in [0.25, 0.3) is 0 Å². The zero-order chi connectivity index (χ0) is 25.2. The molecule has 36 heavy (non-hydrogen) atoms. The van der Waals surface area contributed by atoms with Gasteiger partial charge in [0.15, 0.2) is 0 Å². The lowest BCUT2D eigenvalue weighted by Gasteiger charge is -2.11. The third kappa shape index (κ3) is 6.87. The second kappa shape index (κ2) is 12.8. The summed E-state index contributed by atoms with van der Waals surface area (Å²) < 4.78 is 13.4. The smallest absolute Gasteiger partial charge is 0.224 e. The number of rotatable bonds is 13.